The molecule has 0 saturated carbocycles. The quantitative estimate of drug-likeness (QED) is 0.739. The van der Waals surface area contributed by atoms with Gasteiger partial charge in [0, 0.05) is 43.9 Å². The highest BCUT2D eigenvalue weighted by Crippen LogP contribution is 2.33. The van der Waals surface area contributed by atoms with Crippen LogP contribution in [0, 0.1) is 11.3 Å². The number of rotatable bonds is 2. The standard InChI is InChI=1S/C19H18ClFN6O2/c20-15-10-24-18(25-11-15)26-3-1-19(21,2-4-26)17(28)27-5-6-29-16-13(7-22)8-23-9-14(16)12-27/h8-11H,1-6,12H2. The highest BCUT2D eigenvalue weighted by Gasteiger charge is 2.45. The van der Waals surface area contributed by atoms with Crippen molar-refractivity contribution in [2.24, 2.45) is 0 Å². The summed E-state index contributed by atoms with van der Waals surface area (Å²) in [5, 5.41) is 9.64. The number of ether oxygens (including phenoxy) is 1. The van der Waals surface area contributed by atoms with E-state index in [0.29, 0.717) is 40.9 Å². The van der Waals surface area contributed by atoms with Crippen LogP contribution in [0.2, 0.25) is 5.02 Å². The van der Waals surface area contributed by atoms with Crippen molar-refractivity contribution in [3.63, 3.8) is 0 Å². The molecule has 0 unspecified atom stereocenters. The maximum atomic E-state index is 15.6. The fraction of sp³-hybridized carbons (Fsp3) is 0.421. The smallest absolute Gasteiger partial charge is 0.260 e. The number of aromatic nitrogens is 3. The van der Waals surface area contributed by atoms with Gasteiger partial charge in [0.25, 0.3) is 5.91 Å². The van der Waals surface area contributed by atoms with Gasteiger partial charge in [0.1, 0.15) is 24.0 Å². The van der Waals surface area contributed by atoms with Gasteiger partial charge in [-0.3, -0.25) is 9.78 Å². The molecule has 2 aliphatic heterocycles. The molecule has 0 spiro atoms. The Morgan fingerprint density at radius 3 is 2.62 bits per heavy atom. The third-order valence-electron chi connectivity index (χ3n) is 5.18. The maximum absolute atomic E-state index is 15.6. The first-order valence-corrected chi connectivity index (χ1v) is 9.58. The summed E-state index contributed by atoms with van der Waals surface area (Å²) in [6.07, 6.45) is 6.03. The van der Waals surface area contributed by atoms with Gasteiger partial charge in [-0.05, 0) is 0 Å². The summed E-state index contributed by atoms with van der Waals surface area (Å²) in [6.45, 7) is 1.24. The van der Waals surface area contributed by atoms with Gasteiger partial charge in [0.05, 0.1) is 30.5 Å². The zero-order chi connectivity index (χ0) is 20.4. The number of piperidine rings is 1. The van der Waals surface area contributed by atoms with Crippen LogP contribution in [0.1, 0.15) is 24.0 Å². The predicted molar refractivity (Wildman–Crippen MR) is 102 cm³/mol. The minimum absolute atomic E-state index is 0.0402. The second kappa shape index (κ2) is 7.79. The molecule has 1 saturated heterocycles. The number of carbonyl (C=O) groups excluding carboxylic acids is 1. The van der Waals surface area contributed by atoms with Crippen LogP contribution in [0.25, 0.3) is 0 Å². The van der Waals surface area contributed by atoms with E-state index in [2.05, 4.69) is 15.0 Å². The number of fused-ring (bicyclic) bond motifs is 1. The summed E-state index contributed by atoms with van der Waals surface area (Å²) >= 11 is 5.81. The van der Waals surface area contributed by atoms with Gasteiger partial charge in [-0.25, -0.2) is 14.4 Å². The van der Waals surface area contributed by atoms with Gasteiger partial charge in [0.2, 0.25) is 5.95 Å². The highest BCUT2D eigenvalue weighted by molar-refractivity contribution is 6.30. The summed E-state index contributed by atoms with van der Waals surface area (Å²) < 4.78 is 21.2. The van der Waals surface area contributed by atoms with Gasteiger partial charge in [-0.2, -0.15) is 5.26 Å². The largest absolute Gasteiger partial charge is 0.490 e. The van der Waals surface area contributed by atoms with Crippen molar-refractivity contribution in [2.45, 2.75) is 25.1 Å². The number of pyridine rings is 1. The number of nitriles is 1. The normalized spacial score (nSPS) is 18.2. The first kappa shape index (κ1) is 19.3. The molecule has 0 bridgehead atoms. The summed E-state index contributed by atoms with van der Waals surface area (Å²) in [5.74, 6) is 0.324. The molecular weight excluding hydrogens is 399 g/mol. The lowest BCUT2D eigenvalue weighted by Crippen LogP contribution is -2.53. The maximum Gasteiger partial charge on any atom is 0.260 e. The van der Waals surface area contributed by atoms with E-state index < -0.39 is 11.6 Å². The molecule has 8 nitrogen and oxygen atoms in total. The Kier molecular flexibility index (Phi) is 5.20. The van der Waals surface area contributed by atoms with Crippen molar-refractivity contribution >= 4 is 23.5 Å². The van der Waals surface area contributed by atoms with Crippen molar-refractivity contribution in [1.82, 2.24) is 19.9 Å². The molecule has 2 aromatic heterocycles. The number of nitrogens with zero attached hydrogens (tertiary/aromatic N) is 6. The van der Waals surface area contributed by atoms with Gasteiger partial charge in [-0.1, -0.05) is 11.6 Å². The summed E-state index contributed by atoms with van der Waals surface area (Å²) in [6, 6.07) is 2.03. The summed E-state index contributed by atoms with van der Waals surface area (Å²) in [4.78, 5) is 28.6. The molecule has 0 atom stereocenters. The molecule has 4 rings (SSSR count). The Hall–Kier alpha value is -2.99. The zero-order valence-corrected chi connectivity index (χ0v) is 16.3. The van der Waals surface area contributed by atoms with E-state index in [-0.39, 0.29) is 32.5 Å². The fourth-order valence-electron chi connectivity index (χ4n) is 3.60. The number of hydrogen-bond donors (Lipinski definition) is 0. The third-order valence-corrected chi connectivity index (χ3v) is 5.37. The molecule has 10 heteroatoms. The Morgan fingerprint density at radius 1 is 1.21 bits per heavy atom. The molecule has 2 aliphatic rings. The lowest BCUT2D eigenvalue weighted by molar-refractivity contribution is -0.146. The molecule has 150 valence electrons. The van der Waals surface area contributed by atoms with E-state index in [1.807, 2.05) is 11.0 Å². The van der Waals surface area contributed by atoms with Crippen LogP contribution in [0.15, 0.2) is 24.8 Å². The van der Waals surface area contributed by atoms with Crippen molar-refractivity contribution in [3.05, 3.63) is 40.9 Å². The average molecular weight is 417 g/mol. The Morgan fingerprint density at radius 2 is 1.93 bits per heavy atom. The SMILES string of the molecule is N#Cc1cncc2c1OCCN(C(=O)C1(F)CCN(c3ncc(Cl)cn3)CC1)C2. The number of amides is 1. The monoisotopic (exact) mass is 416 g/mol. The third kappa shape index (κ3) is 3.80. The minimum Gasteiger partial charge on any atom is -0.490 e. The van der Waals surface area contributed by atoms with Crippen LogP contribution in [0.4, 0.5) is 10.3 Å². The van der Waals surface area contributed by atoms with Gasteiger partial charge < -0.3 is 14.5 Å². The first-order valence-electron chi connectivity index (χ1n) is 9.21. The Balaban J connectivity index is 1.46. The molecule has 0 radical (unpaired) electrons. The van der Waals surface area contributed by atoms with Crippen LogP contribution in [0.3, 0.4) is 0 Å². The number of anilines is 1. The molecule has 1 fully saturated rings. The van der Waals surface area contributed by atoms with E-state index in [1.165, 1.54) is 23.5 Å². The highest BCUT2D eigenvalue weighted by atomic mass is 35.5. The number of hydrogen-bond acceptors (Lipinski definition) is 7. The van der Waals surface area contributed by atoms with Crippen LogP contribution in [-0.4, -0.2) is 57.7 Å². The topological polar surface area (TPSA) is 95.2 Å². The van der Waals surface area contributed by atoms with Crippen LogP contribution >= 0.6 is 11.6 Å². The van der Waals surface area contributed by atoms with Crippen molar-refractivity contribution in [2.75, 3.05) is 31.1 Å². The molecule has 0 aromatic carbocycles. The van der Waals surface area contributed by atoms with Crippen molar-refractivity contribution < 1.29 is 13.9 Å². The Bertz CT molecular complexity index is 956. The van der Waals surface area contributed by atoms with Gasteiger partial charge >= 0.3 is 0 Å². The molecular formula is C19H18ClFN6O2. The molecule has 4 heterocycles. The fourth-order valence-corrected chi connectivity index (χ4v) is 3.70. The number of carbonyl (C=O) groups is 1. The predicted octanol–water partition coefficient (Wildman–Crippen LogP) is 2.13. The summed E-state index contributed by atoms with van der Waals surface area (Å²) in [7, 11) is 0. The second-order valence-corrected chi connectivity index (χ2v) is 7.45. The first-order chi connectivity index (χ1) is 14.0. The van der Waals surface area contributed by atoms with Crippen LogP contribution in [0.5, 0.6) is 5.75 Å². The second-order valence-electron chi connectivity index (χ2n) is 7.02. The van der Waals surface area contributed by atoms with E-state index in [0.717, 1.165) is 0 Å². The van der Waals surface area contributed by atoms with E-state index in [9.17, 15) is 10.1 Å². The molecule has 1 amide bonds. The lowest BCUT2D eigenvalue weighted by atomic mass is 9.91. The Labute approximate surface area is 171 Å². The van der Waals surface area contributed by atoms with Gasteiger partial charge in [-0.15, -0.1) is 0 Å². The zero-order valence-electron chi connectivity index (χ0n) is 15.5. The molecule has 0 N–H and O–H groups in total. The summed E-state index contributed by atoms with van der Waals surface area (Å²) in [5.41, 5.74) is -1.05. The van der Waals surface area contributed by atoms with Crippen LogP contribution in [-0.2, 0) is 11.3 Å². The number of alkyl halides is 1. The van der Waals surface area contributed by atoms with E-state index in [1.54, 1.807) is 6.20 Å². The van der Waals surface area contributed by atoms with E-state index >= 15 is 4.39 Å². The van der Waals surface area contributed by atoms with Gasteiger partial charge in [0.15, 0.2) is 5.67 Å². The van der Waals surface area contributed by atoms with Crippen LogP contribution < -0.4 is 9.64 Å². The van der Waals surface area contributed by atoms with E-state index in [4.69, 9.17) is 16.3 Å². The minimum atomic E-state index is -1.96. The molecule has 0 aliphatic carbocycles. The molecule has 2 aromatic rings. The molecule has 29 heavy (non-hydrogen) atoms. The average Bonchev–Trinajstić information content (AvgIpc) is 2.97. The number of halogens is 2. The van der Waals surface area contributed by atoms with Crippen molar-refractivity contribution in [1.29, 1.82) is 5.26 Å². The lowest BCUT2D eigenvalue weighted by Gasteiger charge is -2.37. The van der Waals surface area contributed by atoms with Crippen molar-refractivity contribution in [3.8, 4) is 11.8 Å².